The Morgan fingerprint density at radius 1 is 1.15 bits per heavy atom. The summed E-state index contributed by atoms with van der Waals surface area (Å²) in [5.41, 5.74) is 0. The molecule has 13 heavy (non-hydrogen) atoms. The van der Waals surface area contributed by atoms with Crippen molar-refractivity contribution in [2.75, 3.05) is 26.3 Å². The molecule has 0 saturated carbocycles. The van der Waals surface area contributed by atoms with Crippen LogP contribution in [0.1, 0.15) is 25.7 Å². The lowest BCUT2D eigenvalue weighted by Crippen LogP contribution is -2.46. The number of hydrogen-bond acceptors (Lipinski definition) is 3. The summed E-state index contributed by atoms with van der Waals surface area (Å²) in [5, 5.41) is 9.54. The van der Waals surface area contributed by atoms with Crippen molar-refractivity contribution < 1.29 is 9.84 Å². The maximum Gasteiger partial charge on any atom is 0.0667 e. The minimum Gasteiger partial charge on any atom is -0.392 e. The van der Waals surface area contributed by atoms with Crippen LogP contribution in [0.5, 0.6) is 0 Å². The second-order valence-corrected chi connectivity index (χ2v) is 4.13. The van der Waals surface area contributed by atoms with Gasteiger partial charge in [-0.15, -0.1) is 0 Å². The van der Waals surface area contributed by atoms with E-state index in [1.54, 1.807) is 0 Å². The molecule has 2 heterocycles. The van der Waals surface area contributed by atoms with Gasteiger partial charge in [-0.3, -0.25) is 4.90 Å². The maximum absolute atomic E-state index is 9.54. The van der Waals surface area contributed by atoms with Gasteiger partial charge in [0.05, 0.1) is 6.10 Å². The molecule has 2 fully saturated rings. The van der Waals surface area contributed by atoms with Crippen molar-refractivity contribution in [3.8, 4) is 0 Å². The van der Waals surface area contributed by atoms with Crippen LogP contribution in [0.25, 0.3) is 0 Å². The number of rotatable bonds is 1. The predicted molar refractivity (Wildman–Crippen MR) is 50.7 cm³/mol. The lowest BCUT2D eigenvalue weighted by Gasteiger charge is -2.38. The van der Waals surface area contributed by atoms with Crippen LogP contribution < -0.4 is 0 Å². The van der Waals surface area contributed by atoms with E-state index in [1.807, 2.05) is 0 Å². The first-order chi connectivity index (χ1) is 6.36. The van der Waals surface area contributed by atoms with E-state index in [2.05, 4.69) is 4.90 Å². The summed E-state index contributed by atoms with van der Waals surface area (Å²) < 4.78 is 5.33. The second-order valence-electron chi connectivity index (χ2n) is 4.13. The Balaban J connectivity index is 1.83. The van der Waals surface area contributed by atoms with Crippen LogP contribution in [-0.4, -0.2) is 48.5 Å². The first-order valence-electron chi connectivity index (χ1n) is 5.36. The Hall–Kier alpha value is -0.120. The molecule has 1 N–H and O–H groups in total. The van der Waals surface area contributed by atoms with Gasteiger partial charge in [-0.2, -0.15) is 0 Å². The summed E-state index contributed by atoms with van der Waals surface area (Å²) in [6.45, 7) is 3.85. The van der Waals surface area contributed by atoms with Gasteiger partial charge < -0.3 is 9.84 Å². The molecular weight excluding hydrogens is 166 g/mol. The fourth-order valence-corrected chi connectivity index (χ4v) is 2.37. The van der Waals surface area contributed by atoms with Gasteiger partial charge in [-0.25, -0.2) is 0 Å². The molecule has 0 bridgehead atoms. The third-order valence-corrected chi connectivity index (χ3v) is 3.14. The smallest absolute Gasteiger partial charge is 0.0667 e. The number of aliphatic hydroxyl groups excluding tert-OH is 1. The van der Waals surface area contributed by atoms with Crippen molar-refractivity contribution in [1.29, 1.82) is 0 Å². The lowest BCUT2D eigenvalue weighted by molar-refractivity contribution is -0.00395. The first-order valence-corrected chi connectivity index (χ1v) is 5.36. The highest BCUT2D eigenvalue weighted by Gasteiger charge is 2.25. The number of hydrogen-bond donors (Lipinski definition) is 1. The largest absolute Gasteiger partial charge is 0.392 e. The van der Waals surface area contributed by atoms with Crippen LogP contribution >= 0.6 is 0 Å². The van der Waals surface area contributed by atoms with Gasteiger partial charge >= 0.3 is 0 Å². The van der Waals surface area contributed by atoms with Gasteiger partial charge in [-0.05, 0) is 32.2 Å². The molecule has 2 rings (SSSR count). The van der Waals surface area contributed by atoms with Crippen molar-refractivity contribution in [3.05, 3.63) is 0 Å². The molecule has 3 heteroatoms. The molecule has 3 nitrogen and oxygen atoms in total. The molecule has 0 aromatic carbocycles. The monoisotopic (exact) mass is 185 g/mol. The molecule has 1 atom stereocenters. The van der Waals surface area contributed by atoms with Gasteiger partial charge in [0, 0.05) is 25.8 Å². The quantitative estimate of drug-likeness (QED) is 0.650. The topological polar surface area (TPSA) is 32.7 Å². The molecule has 0 amide bonds. The fourth-order valence-electron chi connectivity index (χ4n) is 2.37. The van der Waals surface area contributed by atoms with Crippen LogP contribution in [0, 0.1) is 0 Å². The number of β-amino-alcohol motifs (C(OH)–C–C–N with tert-alkyl or cyclic N) is 1. The van der Waals surface area contributed by atoms with Crippen LogP contribution in [0.2, 0.25) is 0 Å². The third kappa shape index (κ3) is 2.42. The van der Waals surface area contributed by atoms with Crippen molar-refractivity contribution >= 4 is 0 Å². The normalized spacial score (nSPS) is 33.5. The molecule has 2 saturated heterocycles. The molecule has 0 radical (unpaired) electrons. The number of ether oxygens (including phenoxy) is 1. The zero-order valence-corrected chi connectivity index (χ0v) is 8.11. The molecule has 0 aromatic rings. The SMILES string of the molecule is O[C@H]1CCCN(C2CCOCC2)C1. The van der Waals surface area contributed by atoms with Gasteiger partial charge in [-0.1, -0.05) is 0 Å². The van der Waals surface area contributed by atoms with Crippen LogP contribution in [0.4, 0.5) is 0 Å². The highest BCUT2D eigenvalue weighted by atomic mass is 16.5. The van der Waals surface area contributed by atoms with E-state index in [4.69, 9.17) is 4.74 Å². The van der Waals surface area contributed by atoms with Crippen molar-refractivity contribution in [3.63, 3.8) is 0 Å². The van der Waals surface area contributed by atoms with Gasteiger partial charge in [0.15, 0.2) is 0 Å². The minimum absolute atomic E-state index is 0.0865. The van der Waals surface area contributed by atoms with Gasteiger partial charge in [0.2, 0.25) is 0 Å². The average Bonchev–Trinajstić information content (AvgIpc) is 2.19. The van der Waals surface area contributed by atoms with E-state index in [9.17, 15) is 5.11 Å². The van der Waals surface area contributed by atoms with Crippen molar-refractivity contribution in [1.82, 2.24) is 4.90 Å². The highest BCUT2D eigenvalue weighted by molar-refractivity contribution is 4.80. The minimum atomic E-state index is -0.0865. The van der Waals surface area contributed by atoms with E-state index in [1.165, 1.54) is 6.54 Å². The van der Waals surface area contributed by atoms with Crippen molar-refractivity contribution in [2.24, 2.45) is 0 Å². The predicted octanol–water partition coefficient (Wildman–Crippen LogP) is 0.622. The zero-order chi connectivity index (χ0) is 9.10. The van der Waals surface area contributed by atoms with Crippen LogP contribution in [0.15, 0.2) is 0 Å². The number of aliphatic hydroxyl groups is 1. The fraction of sp³-hybridized carbons (Fsp3) is 1.00. The van der Waals surface area contributed by atoms with E-state index < -0.39 is 0 Å². The molecule has 0 spiro atoms. The number of piperidine rings is 1. The van der Waals surface area contributed by atoms with Crippen LogP contribution in [0.3, 0.4) is 0 Å². The van der Waals surface area contributed by atoms with E-state index >= 15 is 0 Å². The first kappa shape index (κ1) is 9.44. The van der Waals surface area contributed by atoms with E-state index in [-0.39, 0.29) is 6.10 Å². The molecule has 0 unspecified atom stereocenters. The summed E-state index contributed by atoms with van der Waals surface area (Å²) >= 11 is 0. The van der Waals surface area contributed by atoms with Crippen LogP contribution in [-0.2, 0) is 4.74 Å². The van der Waals surface area contributed by atoms with Gasteiger partial charge in [0.1, 0.15) is 0 Å². The number of likely N-dealkylation sites (tertiary alicyclic amines) is 1. The summed E-state index contributed by atoms with van der Waals surface area (Å²) in [5.74, 6) is 0. The summed E-state index contributed by atoms with van der Waals surface area (Å²) in [6, 6.07) is 0.670. The molecule has 0 aliphatic carbocycles. The third-order valence-electron chi connectivity index (χ3n) is 3.14. The Kier molecular flexibility index (Phi) is 3.19. The maximum atomic E-state index is 9.54. The zero-order valence-electron chi connectivity index (χ0n) is 8.11. The molecule has 76 valence electrons. The lowest BCUT2D eigenvalue weighted by atomic mass is 10.0. The average molecular weight is 185 g/mol. The summed E-state index contributed by atoms with van der Waals surface area (Å²) in [6.07, 6.45) is 4.34. The Morgan fingerprint density at radius 3 is 2.62 bits per heavy atom. The molecule has 0 aromatic heterocycles. The molecule has 2 aliphatic heterocycles. The van der Waals surface area contributed by atoms with E-state index in [0.717, 1.165) is 45.4 Å². The number of nitrogens with zero attached hydrogens (tertiary/aromatic N) is 1. The summed E-state index contributed by atoms with van der Waals surface area (Å²) in [7, 11) is 0. The second kappa shape index (κ2) is 4.40. The van der Waals surface area contributed by atoms with Crippen molar-refractivity contribution in [2.45, 2.75) is 37.8 Å². The Bertz CT molecular complexity index is 157. The van der Waals surface area contributed by atoms with Gasteiger partial charge in [0.25, 0.3) is 0 Å². The molecular formula is C10H19NO2. The van der Waals surface area contributed by atoms with E-state index in [0.29, 0.717) is 6.04 Å². The Morgan fingerprint density at radius 2 is 1.92 bits per heavy atom. The summed E-state index contributed by atoms with van der Waals surface area (Å²) in [4.78, 5) is 2.44. The molecule has 2 aliphatic rings. The highest BCUT2D eigenvalue weighted by Crippen LogP contribution is 2.19. The standard InChI is InChI=1S/C10H19NO2/c12-10-2-1-5-11(8-10)9-3-6-13-7-4-9/h9-10,12H,1-8H2/t10-/m0/s1. The Labute approximate surface area is 79.7 Å².